The van der Waals surface area contributed by atoms with Crippen molar-refractivity contribution in [3.05, 3.63) is 42.0 Å². The van der Waals surface area contributed by atoms with Gasteiger partial charge in [0.15, 0.2) is 11.8 Å². The number of hydrogen-bond acceptors (Lipinski definition) is 5. The predicted molar refractivity (Wildman–Crippen MR) is 93.3 cm³/mol. The minimum Gasteiger partial charge on any atom is -0.492 e. The summed E-state index contributed by atoms with van der Waals surface area (Å²) in [6.07, 6.45) is 1.60. The van der Waals surface area contributed by atoms with E-state index in [9.17, 15) is 0 Å². The molecule has 2 aromatic rings. The lowest BCUT2D eigenvalue weighted by Gasteiger charge is -2.12. The highest BCUT2D eigenvalue weighted by Gasteiger charge is 2.02. The molecule has 1 aromatic heterocycles. The molecule has 24 heavy (non-hydrogen) atoms. The van der Waals surface area contributed by atoms with Gasteiger partial charge in [-0.15, -0.1) is 0 Å². The van der Waals surface area contributed by atoms with Crippen LogP contribution < -0.4 is 15.4 Å². The number of nitrogens with zero attached hydrogens (tertiary/aromatic N) is 3. The lowest BCUT2D eigenvalue weighted by atomic mass is 10.3. The molecule has 0 unspecified atom stereocenters. The van der Waals surface area contributed by atoms with Crippen LogP contribution in [0.15, 0.2) is 39.8 Å². The van der Waals surface area contributed by atoms with Crippen LogP contribution in [0.2, 0.25) is 0 Å². The van der Waals surface area contributed by atoms with E-state index in [0.29, 0.717) is 31.4 Å². The summed E-state index contributed by atoms with van der Waals surface area (Å²) in [5, 5.41) is 10.2. The number of aromatic nitrogens is 2. The highest BCUT2D eigenvalue weighted by molar-refractivity contribution is 5.79. The van der Waals surface area contributed by atoms with Gasteiger partial charge in [-0.05, 0) is 32.4 Å². The van der Waals surface area contributed by atoms with E-state index in [1.54, 1.807) is 0 Å². The lowest BCUT2D eigenvalue weighted by molar-refractivity contribution is 0.322. The molecule has 0 spiro atoms. The molecule has 130 valence electrons. The summed E-state index contributed by atoms with van der Waals surface area (Å²) in [5.74, 6) is 2.99. The monoisotopic (exact) mass is 331 g/mol. The average Bonchev–Trinajstić information content (AvgIpc) is 3.01. The Balaban J connectivity index is 1.66. The summed E-state index contributed by atoms with van der Waals surface area (Å²) in [6.45, 7) is 6.62. The van der Waals surface area contributed by atoms with Crippen molar-refractivity contribution in [1.29, 1.82) is 0 Å². The molecule has 0 atom stereocenters. The van der Waals surface area contributed by atoms with Gasteiger partial charge >= 0.3 is 0 Å². The Kier molecular flexibility index (Phi) is 7.59. The number of aryl methyl sites for hydroxylation is 2. The molecule has 0 aliphatic heterocycles. The molecular formula is C17H25N5O2. The second kappa shape index (κ2) is 10.3. The van der Waals surface area contributed by atoms with Crippen molar-refractivity contribution < 1.29 is 9.26 Å². The third-order valence-corrected chi connectivity index (χ3v) is 3.14. The summed E-state index contributed by atoms with van der Waals surface area (Å²) in [6, 6.07) is 9.77. The van der Waals surface area contributed by atoms with Gasteiger partial charge in [0.1, 0.15) is 12.4 Å². The first-order chi connectivity index (χ1) is 11.8. The van der Waals surface area contributed by atoms with E-state index in [2.05, 4.69) is 25.8 Å². The van der Waals surface area contributed by atoms with Gasteiger partial charge < -0.3 is 19.9 Å². The van der Waals surface area contributed by atoms with Crippen molar-refractivity contribution in [2.45, 2.75) is 26.7 Å². The van der Waals surface area contributed by atoms with Gasteiger partial charge in [0, 0.05) is 19.5 Å². The predicted octanol–water partition coefficient (Wildman–Crippen LogP) is 1.94. The standard InChI is InChI=1S/C17H25N5O2/c1-3-18-17(19-11-7-10-16-21-14(2)22-24-16)20-12-13-23-15-8-5-4-6-9-15/h4-6,8-9H,3,7,10-13H2,1-2H3,(H2,18,19,20). The summed E-state index contributed by atoms with van der Waals surface area (Å²) in [5.41, 5.74) is 0. The second-order valence-corrected chi connectivity index (χ2v) is 5.19. The van der Waals surface area contributed by atoms with Crippen molar-refractivity contribution in [2.24, 2.45) is 4.99 Å². The van der Waals surface area contributed by atoms with Crippen LogP contribution in [0.25, 0.3) is 0 Å². The summed E-state index contributed by atoms with van der Waals surface area (Å²) < 4.78 is 10.7. The number of para-hydroxylation sites is 1. The Morgan fingerprint density at radius 3 is 2.79 bits per heavy atom. The molecule has 0 aliphatic rings. The fourth-order valence-electron chi connectivity index (χ4n) is 2.06. The smallest absolute Gasteiger partial charge is 0.226 e. The second-order valence-electron chi connectivity index (χ2n) is 5.19. The molecule has 0 saturated heterocycles. The maximum absolute atomic E-state index is 5.65. The Morgan fingerprint density at radius 1 is 1.25 bits per heavy atom. The van der Waals surface area contributed by atoms with Crippen molar-refractivity contribution in [3.8, 4) is 5.75 Å². The molecule has 1 heterocycles. The maximum atomic E-state index is 5.65. The Labute approximate surface area is 142 Å². The average molecular weight is 331 g/mol. The number of hydrogen-bond donors (Lipinski definition) is 2. The first kappa shape index (κ1) is 17.8. The normalized spacial score (nSPS) is 11.3. The first-order valence-corrected chi connectivity index (χ1v) is 8.27. The van der Waals surface area contributed by atoms with Crippen LogP contribution in [-0.4, -0.2) is 42.3 Å². The van der Waals surface area contributed by atoms with Crippen molar-refractivity contribution in [1.82, 2.24) is 20.8 Å². The fraction of sp³-hybridized carbons (Fsp3) is 0.471. The van der Waals surface area contributed by atoms with Gasteiger partial charge in [0.05, 0.1) is 6.54 Å². The highest BCUT2D eigenvalue weighted by Crippen LogP contribution is 2.07. The zero-order chi connectivity index (χ0) is 17.0. The summed E-state index contributed by atoms with van der Waals surface area (Å²) in [4.78, 5) is 8.71. The molecule has 0 bridgehead atoms. The first-order valence-electron chi connectivity index (χ1n) is 8.27. The number of rotatable bonds is 9. The SMILES string of the molecule is CCNC(=NCCCc1nc(C)no1)NCCOc1ccccc1. The number of aliphatic imine (C=N–C) groups is 1. The zero-order valence-corrected chi connectivity index (χ0v) is 14.3. The minimum atomic E-state index is 0.579. The summed E-state index contributed by atoms with van der Waals surface area (Å²) in [7, 11) is 0. The van der Waals surface area contributed by atoms with Gasteiger partial charge in [0.2, 0.25) is 5.89 Å². The molecular weight excluding hydrogens is 306 g/mol. The molecule has 1 aromatic carbocycles. The highest BCUT2D eigenvalue weighted by atomic mass is 16.5. The van der Waals surface area contributed by atoms with E-state index in [-0.39, 0.29) is 0 Å². The van der Waals surface area contributed by atoms with Crippen LogP contribution in [0.3, 0.4) is 0 Å². The van der Waals surface area contributed by atoms with Crippen LogP contribution in [-0.2, 0) is 6.42 Å². The van der Waals surface area contributed by atoms with Gasteiger partial charge in [-0.1, -0.05) is 23.4 Å². The van der Waals surface area contributed by atoms with E-state index in [0.717, 1.165) is 31.1 Å². The van der Waals surface area contributed by atoms with Crippen molar-refractivity contribution >= 4 is 5.96 Å². The van der Waals surface area contributed by atoms with Gasteiger partial charge in [0.25, 0.3) is 0 Å². The third-order valence-electron chi connectivity index (χ3n) is 3.14. The van der Waals surface area contributed by atoms with Crippen LogP contribution in [0.1, 0.15) is 25.1 Å². The number of guanidine groups is 1. The number of nitrogens with one attached hydrogen (secondary N) is 2. The van der Waals surface area contributed by atoms with Gasteiger partial charge in [-0.3, -0.25) is 4.99 Å². The van der Waals surface area contributed by atoms with E-state index >= 15 is 0 Å². The Bertz CT molecular complexity index is 612. The van der Waals surface area contributed by atoms with E-state index in [4.69, 9.17) is 9.26 Å². The fourth-order valence-corrected chi connectivity index (χ4v) is 2.06. The Morgan fingerprint density at radius 2 is 2.08 bits per heavy atom. The zero-order valence-electron chi connectivity index (χ0n) is 14.3. The van der Waals surface area contributed by atoms with Gasteiger partial charge in [-0.2, -0.15) is 4.98 Å². The van der Waals surface area contributed by atoms with E-state index in [1.165, 1.54) is 0 Å². The van der Waals surface area contributed by atoms with Crippen LogP contribution >= 0.6 is 0 Å². The lowest BCUT2D eigenvalue weighted by Crippen LogP contribution is -2.39. The molecule has 7 heteroatoms. The maximum Gasteiger partial charge on any atom is 0.226 e. The molecule has 0 radical (unpaired) electrons. The van der Waals surface area contributed by atoms with Gasteiger partial charge in [-0.25, -0.2) is 0 Å². The third kappa shape index (κ3) is 6.68. The molecule has 0 aliphatic carbocycles. The van der Waals surface area contributed by atoms with E-state index in [1.807, 2.05) is 44.2 Å². The van der Waals surface area contributed by atoms with Crippen LogP contribution in [0.5, 0.6) is 5.75 Å². The van der Waals surface area contributed by atoms with Crippen LogP contribution in [0.4, 0.5) is 0 Å². The quantitative estimate of drug-likeness (QED) is 0.415. The topological polar surface area (TPSA) is 84.6 Å². The largest absolute Gasteiger partial charge is 0.492 e. The van der Waals surface area contributed by atoms with Crippen molar-refractivity contribution in [3.63, 3.8) is 0 Å². The van der Waals surface area contributed by atoms with E-state index < -0.39 is 0 Å². The molecule has 7 nitrogen and oxygen atoms in total. The molecule has 0 amide bonds. The number of benzene rings is 1. The minimum absolute atomic E-state index is 0.579. The molecule has 0 saturated carbocycles. The van der Waals surface area contributed by atoms with Crippen molar-refractivity contribution in [2.75, 3.05) is 26.2 Å². The molecule has 2 rings (SSSR count). The molecule has 2 N–H and O–H groups in total. The Hall–Kier alpha value is -2.57. The molecule has 0 fully saturated rings. The number of ether oxygens (including phenoxy) is 1. The summed E-state index contributed by atoms with van der Waals surface area (Å²) >= 11 is 0. The van der Waals surface area contributed by atoms with Crippen LogP contribution in [0, 0.1) is 6.92 Å².